The first kappa shape index (κ1) is 20.2. The molecule has 2 nitrogen and oxygen atoms in total. The van der Waals surface area contributed by atoms with E-state index in [1.54, 1.807) is 40.2 Å². The van der Waals surface area contributed by atoms with Gasteiger partial charge in [0.2, 0.25) is 0 Å². The number of alkyl halides is 5. The standard InChI is InChI=1S/C8H4Br2F4O.C6H5BrO/c9-5-2-1-3-6(4-5)15-8(13,14)7(10,11)12;7-5-2-1-3-6(8)4-5/h1-4H;1-4,8H. The second-order valence-electron chi connectivity index (χ2n) is 4.05. The van der Waals surface area contributed by atoms with Crippen LogP contribution in [0.4, 0.5) is 17.6 Å². The van der Waals surface area contributed by atoms with Crippen molar-refractivity contribution in [2.75, 3.05) is 0 Å². The molecule has 0 aliphatic rings. The largest absolute Gasteiger partial charge is 0.508 e. The molecule has 0 atom stereocenters. The number of ether oxygens (including phenoxy) is 1. The highest BCUT2D eigenvalue weighted by Gasteiger charge is 2.57. The topological polar surface area (TPSA) is 29.5 Å². The summed E-state index contributed by atoms with van der Waals surface area (Å²) in [5.74, 6) is -0.0622. The van der Waals surface area contributed by atoms with E-state index in [2.05, 4.69) is 36.6 Å². The summed E-state index contributed by atoms with van der Waals surface area (Å²) >= 11 is 7.75. The molecule has 0 radical (unpaired) electrons. The molecule has 0 saturated heterocycles. The van der Waals surface area contributed by atoms with Crippen LogP contribution in [0.25, 0.3) is 0 Å². The highest BCUT2D eigenvalue weighted by atomic mass is 79.9. The van der Waals surface area contributed by atoms with Crippen LogP contribution >= 0.6 is 47.8 Å². The Bertz CT molecular complexity index is 631. The first-order valence-electron chi connectivity index (χ1n) is 5.85. The van der Waals surface area contributed by atoms with Crippen molar-refractivity contribution in [3.63, 3.8) is 0 Å². The van der Waals surface area contributed by atoms with Crippen LogP contribution in [-0.4, -0.2) is 16.0 Å². The Hall–Kier alpha value is -0.800. The van der Waals surface area contributed by atoms with Crippen LogP contribution in [0, 0.1) is 0 Å². The van der Waals surface area contributed by atoms with Crippen molar-refractivity contribution < 1.29 is 27.4 Å². The van der Waals surface area contributed by atoms with Gasteiger partial charge in [-0.3, -0.25) is 0 Å². The lowest BCUT2D eigenvalue weighted by Gasteiger charge is -2.21. The molecular formula is C14H9Br3F4O2. The Morgan fingerprint density at radius 1 is 0.870 bits per heavy atom. The number of phenols is 1. The maximum atomic E-state index is 12.7. The summed E-state index contributed by atoms with van der Waals surface area (Å²) in [5.41, 5.74) is 0. The molecular weight excluding hydrogens is 516 g/mol. The fourth-order valence-corrected chi connectivity index (χ4v) is 2.06. The maximum Gasteiger partial charge on any atom is 0.475 e. The van der Waals surface area contributed by atoms with Gasteiger partial charge < -0.3 is 9.84 Å². The van der Waals surface area contributed by atoms with Gasteiger partial charge in [-0.1, -0.05) is 44.0 Å². The number of rotatable bonds is 3. The van der Waals surface area contributed by atoms with E-state index < -0.39 is 10.9 Å². The van der Waals surface area contributed by atoms with Gasteiger partial charge in [0.15, 0.2) is 0 Å². The molecule has 0 aromatic heterocycles. The minimum absolute atomic E-state index is 0.291. The Balaban J connectivity index is 0.000000277. The number of phenolic OH excluding ortho intramolecular Hbond substituents is 1. The summed E-state index contributed by atoms with van der Waals surface area (Å²) in [6.45, 7) is 0. The van der Waals surface area contributed by atoms with Crippen LogP contribution in [0.15, 0.2) is 57.5 Å². The van der Waals surface area contributed by atoms with Gasteiger partial charge in [-0.05, 0) is 36.4 Å². The fourth-order valence-electron chi connectivity index (χ4n) is 1.21. The molecule has 0 unspecified atom stereocenters. The summed E-state index contributed by atoms with van der Waals surface area (Å²) in [7, 11) is 0. The van der Waals surface area contributed by atoms with Crippen LogP contribution in [0.1, 0.15) is 0 Å². The molecule has 23 heavy (non-hydrogen) atoms. The van der Waals surface area contributed by atoms with E-state index in [1.807, 2.05) is 6.07 Å². The number of hydrogen-bond donors (Lipinski definition) is 1. The van der Waals surface area contributed by atoms with Gasteiger partial charge in [-0.2, -0.15) is 17.6 Å². The summed E-state index contributed by atoms with van der Waals surface area (Å²) in [4.78, 5) is -4.41. The lowest BCUT2D eigenvalue weighted by Crippen LogP contribution is -2.40. The molecule has 0 fully saturated rings. The average molecular weight is 525 g/mol. The van der Waals surface area contributed by atoms with Crippen LogP contribution < -0.4 is 4.74 Å². The van der Waals surface area contributed by atoms with Gasteiger partial charge in [0.1, 0.15) is 11.5 Å². The van der Waals surface area contributed by atoms with Gasteiger partial charge >= 0.3 is 10.9 Å². The molecule has 0 aliphatic heterocycles. The van der Waals surface area contributed by atoms with E-state index in [0.717, 1.165) is 16.6 Å². The van der Waals surface area contributed by atoms with Crippen LogP contribution in [0.3, 0.4) is 0 Å². The van der Waals surface area contributed by atoms with E-state index >= 15 is 0 Å². The van der Waals surface area contributed by atoms with Gasteiger partial charge in [0.05, 0.1) is 0 Å². The SMILES string of the molecule is FC(F)(Br)C(F)(F)Oc1cccc(Br)c1.Oc1cccc(Br)c1. The quantitative estimate of drug-likeness (QED) is 0.364. The zero-order chi connectivity index (χ0) is 17.7. The fraction of sp³-hybridized carbons (Fsp3) is 0.143. The molecule has 2 aromatic carbocycles. The van der Waals surface area contributed by atoms with E-state index in [0.29, 0.717) is 10.2 Å². The highest BCUT2D eigenvalue weighted by molar-refractivity contribution is 9.10. The Morgan fingerprint density at radius 2 is 1.39 bits per heavy atom. The third-order valence-corrected chi connectivity index (χ3v) is 3.63. The normalized spacial score (nSPS) is 11.4. The first-order valence-corrected chi connectivity index (χ1v) is 8.23. The third-order valence-electron chi connectivity index (χ3n) is 2.18. The highest BCUT2D eigenvalue weighted by Crippen LogP contribution is 2.40. The van der Waals surface area contributed by atoms with Crippen molar-refractivity contribution in [3.05, 3.63) is 57.5 Å². The molecule has 2 rings (SSSR count). The van der Waals surface area contributed by atoms with Crippen LogP contribution in [-0.2, 0) is 0 Å². The number of halogens is 7. The second kappa shape index (κ2) is 8.34. The van der Waals surface area contributed by atoms with Gasteiger partial charge in [0.25, 0.3) is 0 Å². The lowest BCUT2D eigenvalue weighted by atomic mass is 10.3. The molecule has 126 valence electrons. The minimum atomic E-state index is -4.60. The lowest BCUT2D eigenvalue weighted by molar-refractivity contribution is -0.266. The number of benzene rings is 2. The molecule has 0 aliphatic carbocycles. The van der Waals surface area contributed by atoms with Crippen LogP contribution in [0.2, 0.25) is 0 Å². The second-order valence-corrected chi connectivity index (χ2v) is 6.88. The molecule has 2 aromatic rings. The minimum Gasteiger partial charge on any atom is -0.508 e. The number of hydrogen-bond acceptors (Lipinski definition) is 2. The van der Waals surface area contributed by atoms with E-state index in [9.17, 15) is 17.6 Å². The van der Waals surface area contributed by atoms with Crippen molar-refractivity contribution >= 4 is 47.8 Å². The molecule has 0 saturated carbocycles. The summed E-state index contributed by atoms with van der Waals surface area (Å²) in [6.07, 6.45) is -4.60. The zero-order valence-corrected chi connectivity index (χ0v) is 15.9. The predicted octanol–water partition coefficient (Wildman–Crippen LogP) is 6.56. The molecule has 0 heterocycles. The van der Waals surface area contributed by atoms with Crippen molar-refractivity contribution in [1.29, 1.82) is 0 Å². The Morgan fingerprint density at radius 3 is 1.78 bits per heavy atom. The summed E-state index contributed by atoms with van der Waals surface area (Å²) in [6, 6.07) is 12.2. The summed E-state index contributed by atoms with van der Waals surface area (Å²) < 4.78 is 55.3. The maximum absolute atomic E-state index is 12.7. The van der Waals surface area contributed by atoms with Gasteiger partial charge in [-0.15, -0.1) is 0 Å². The predicted molar refractivity (Wildman–Crippen MR) is 89.4 cm³/mol. The van der Waals surface area contributed by atoms with Gasteiger partial charge in [-0.25, -0.2) is 0 Å². The van der Waals surface area contributed by atoms with Gasteiger partial charge in [0, 0.05) is 24.9 Å². The van der Waals surface area contributed by atoms with E-state index in [1.165, 1.54) is 6.07 Å². The third kappa shape index (κ3) is 7.09. The van der Waals surface area contributed by atoms with Crippen LogP contribution in [0.5, 0.6) is 11.5 Å². The Labute approximate surface area is 154 Å². The smallest absolute Gasteiger partial charge is 0.475 e. The van der Waals surface area contributed by atoms with Crippen molar-refractivity contribution in [1.82, 2.24) is 0 Å². The molecule has 0 amide bonds. The Kier molecular flexibility index (Phi) is 7.34. The molecule has 1 N–H and O–H groups in total. The summed E-state index contributed by atoms with van der Waals surface area (Å²) in [5, 5.41) is 8.78. The van der Waals surface area contributed by atoms with Crippen molar-refractivity contribution in [3.8, 4) is 11.5 Å². The number of aromatic hydroxyl groups is 1. The van der Waals surface area contributed by atoms with Crippen molar-refractivity contribution in [2.45, 2.75) is 10.9 Å². The molecule has 9 heteroatoms. The first-order chi connectivity index (χ1) is 10.5. The molecule has 0 spiro atoms. The molecule has 0 bridgehead atoms. The zero-order valence-electron chi connectivity index (χ0n) is 11.1. The average Bonchev–Trinajstić information content (AvgIpc) is 2.37. The monoisotopic (exact) mass is 522 g/mol. The van der Waals surface area contributed by atoms with E-state index in [-0.39, 0.29) is 5.75 Å². The van der Waals surface area contributed by atoms with E-state index in [4.69, 9.17) is 5.11 Å². The van der Waals surface area contributed by atoms with Crippen molar-refractivity contribution in [2.24, 2.45) is 0 Å².